The topological polar surface area (TPSA) is 69.0 Å². The van der Waals surface area contributed by atoms with Gasteiger partial charge in [0.15, 0.2) is 5.69 Å². The zero-order chi connectivity index (χ0) is 23.5. The van der Waals surface area contributed by atoms with E-state index in [0.29, 0.717) is 17.7 Å². The van der Waals surface area contributed by atoms with Crippen LogP contribution in [0.3, 0.4) is 0 Å². The fourth-order valence-corrected chi connectivity index (χ4v) is 3.00. The molecule has 0 bridgehead atoms. The molecule has 1 N–H and O–H groups in total. The third kappa shape index (κ3) is 5.25. The minimum Gasteiger partial charge on any atom is -0.364 e. The van der Waals surface area contributed by atoms with Crippen molar-refractivity contribution in [3.8, 4) is 11.3 Å². The molecule has 0 spiro atoms. The lowest BCUT2D eigenvalue weighted by Crippen LogP contribution is -2.26. The van der Waals surface area contributed by atoms with E-state index in [1.54, 1.807) is 12.1 Å². The summed E-state index contributed by atoms with van der Waals surface area (Å²) in [6, 6.07) is 4.47. The van der Waals surface area contributed by atoms with Gasteiger partial charge in [-0.1, -0.05) is 0 Å². The van der Waals surface area contributed by atoms with Gasteiger partial charge in [0.1, 0.15) is 6.73 Å². The molecule has 0 fully saturated rings. The largest absolute Gasteiger partial charge is 0.416 e. The molecule has 0 radical (unpaired) electrons. The third-order valence-electron chi connectivity index (χ3n) is 4.37. The fourth-order valence-electron chi connectivity index (χ4n) is 3.00. The molecule has 2 heterocycles. The molecule has 0 aliphatic rings. The van der Waals surface area contributed by atoms with E-state index in [-0.39, 0.29) is 29.7 Å². The van der Waals surface area contributed by atoms with E-state index >= 15 is 0 Å². The molecule has 3 aromatic rings. The number of carbonyl (C=O) groups excluding carboxylic acids is 1. The van der Waals surface area contributed by atoms with Crippen molar-refractivity contribution in [1.29, 1.82) is 0 Å². The van der Waals surface area contributed by atoms with Gasteiger partial charge in [-0.15, -0.1) is 0 Å². The quantitative estimate of drug-likeness (QED) is 0.440. The van der Waals surface area contributed by atoms with Crippen LogP contribution in [-0.2, 0) is 23.6 Å². The molecule has 1 aromatic carbocycles. The highest BCUT2D eigenvalue weighted by molar-refractivity contribution is 5.98. The van der Waals surface area contributed by atoms with Crippen LogP contribution in [0.15, 0.2) is 49.1 Å². The van der Waals surface area contributed by atoms with Crippen LogP contribution in [0.4, 0.5) is 26.3 Å². The zero-order valence-electron chi connectivity index (χ0n) is 16.5. The summed E-state index contributed by atoms with van der Waals surface area (Å²) in [5, 5.41) is 2.44. The SMILES string of the molecule is COCNC(=O)c1ncn(Cc2cc(C(F)(F)F)cc(C(F)(F)F)c2)c1-c1cccnc1. The van der Waals surface area contributed by atoms with Crippen LogP contribution >= 0.6 is 0 Å². The zero-order valence-corrected chi connectivity index (χ0v) is 16.5. The lowest BCUT2D eigenvalue weighted by Gasteiger charge is -2.16. The second kappa shape index (κ2) is 8.99. The van der Waals surface area contributed by atoms with Crippen LogP contribution in [0, 0.1) is 0 Å². The van der Waals surface area contributed by atoms with Gasteiger partial charge in [0.2, 0.25) is 0 Å². The maximum absolute atomic E-state index is 13.2. The Kier molecular flexibility index (Phi) is 6.53. The molecular weight excluding hydrogens is 442 g/mol. The Morgan fingerprint density at radius 2 is 1.75 bits per heavy atom. The van der Waals surface area contributed by atoms with Crippen molar-refractivity contribution in [2.75, 3.05) is 13.8 Å². The number of imidazole rings is 1. The number of amides is 1. The van der Waals surface area contributed by atoms with Gasteiger partial charge in [0, 0.05) is 31.6 Å². The lowest BCUT2D eigenvalue weighted by atomic mass is 10.0. The minimum atomic E-state index is -4.97. The van der Waals surface area contributed by atoms with Crippen molar-refractivity contribution in [2.24, 2.45) is 0 Å². The highest BCUT2D eigenvalue weighted by Gasteiger charge is 2.37. The molecule has 2 aromatic heterocycles. The van der Waals surface area contributed by atoms with E-state index in [1.807, 2.05) is 0 Å². The highest BCUT2D eigenvalue weighted by Crippen LogP contribution is 2.36. The van der Waals surface area contributed by atoms with Crippen LogP contribution in [0.25, 0.3) is 11.3 Å². The van der Waals surface area contributed by atoms with E-state index in [0.717, 1.165) is 6.33 Å². The molecule has 0 saturated carbocycles. The molecule has 0 unspecified atom stereocenters. The fraction of sp³-hybridized carbons (Fsp3) is 0.250. The molecule has 12 heteroatoms. The second-order valence-corrected chi connectivity index (χ2v) is 6.66. The molecule has 0 aliphatic carbocycles. The first-order chi connectivity index (χ1) is 15.0. The number of pyridine rings is 1. The van der Waals surface area contributed by atoms with Crippen molar-refractivity contribution in [3.63, 3.8) is 0 Å². The molecule has 32 heavy (non-hydrogen) atoms. The van der Waals surface area contributed by atoms with E-state index in [9.17, 15) is 31.1 Å². The molecule has 6 nitrogen and oxygen atoms in total. The summed E-state index contributed by atoms with van der Waals surface area (Å²) in [5.74, 6) is -0.635. The highest BCUT2D eigenvalue weighted by atomic mass is 19.4. The Labute approximate surface area is 177 Å². The van der Waals surface area contributed by atoms with Crippen molar-refractivity contribution in [3.05, 3.63) is 71.4 Å². The van der Waals surface area contributed by atoms with Crippen LogP contribution < -0.4 is 5.32 Å². The number of hydrogen-bond donors (Lipinski definition) is 1. The number of nitrogens with zero attached hydrogens (tertiary/aromatic N) is 3. The minimum absolute atomic E-state index is 0.0586. The molecule has 0 atom stereocenters. The number of ether oxygens (including phenoxy) is 1. The smallest absolute Gasteiger partial charge is 0.364 e. The van der Waals surface area contributed by atoms with Crippen LogP contribution in [0.5, 0.6) is 0 Å². The number of methoxy groups -OCH3 is 1. The summed E-state index contributed by atoms with van der Waals surface area (Å²) < 4.78 is 85.2. The molecular formula is C20H16F6N4O2. The van der Waals surface area contributed by atoms with Crippen molar-refractivity contribution >= 4 is 5.91 Å². The van der Waals surface area contributed by atoms with Gasteiger partial charge in [-0.3, -0.25) is 9.78 Å². The van der Waals surface area contributed by atoms with Crippen LogP contribution in [0.1, 0.15) is 27.2 Å². The first-order valence-corrected chi connectivity index (χ1v) is 9.01. The van der Waals surface area contributed by atoms with Gasteiger partial charge in [0.05, 0.1) is 23.1 Å². The van der Waals surface area contributed by atoms with Crippen molar-refractivity contribution < 1.29 is 35.9 Å². The predicted octanol–water partition coefficient (Wildman–Crippen LogP) is 4.36. The molecule has 3 rings (SSSR count). The number of carbonyl (C=O) groups is 1. The van der Waals surface area contributed by atoms with Gasteiger partial charge in [-0.05, 0) is 35.9 Å². The normalized spacial score (nSPS) is 12.1. The van der Waals surface area contributed by atoms with E-state index in [4.69, 9.17) is 4.74 Å². The number of benzene rings is 1. The molecule has 0 aliphatic heterocycles. The second-order valence-electron chi connectivity index (χ2n) is 6.66. The summed E-state index contributed by atoms with van der Waals surface area (Å²) in [6.45, 7) is -0.525. The molecule has 1 amide bonds. The van der Waals surface area contributed by atoms with Crippen molar-refractivity contribution in [2.45, 2.75) is 18.9 Å². The Morgan fingerprint density at radius 1 is 1.09 bits per heavy atom. The number of hydrogen-bond acceptors (Lipinski definition) is 4. The number of halogens is 6. The van der Waals surface area contributed by atoms with Gasteiger partial charge >= 0.3 is 12.4 Å². The molecule has 170 valence electrons. The standard InChI is InChI=1S/C20H16F6N4O2/c1-32-11-29-18(31)16-17(13-3-2-4-27-8-13)30(10-28-16)9-12-5-14(19(21,22)23)7-15(6-12)20(24,25)26/h2-8,10H,9,11H2,1H3,(H,29,31). The molecule has 0 saturated heterocycles. The van der Waals surface area contributed by atoms with Gasteiger partial charge in [-0.2, -0.15) is 26.3 Å². The summed E-state index contributed by atoms with van der Waals surface area (Å²) in [5.41, 5.74) is -2.63. The third-order valence-corrected chi connectivity index (χ3v) is 4.37. The Balaban J connectivity index is 2.09. The van der Waals surface area contributed by atoms with Gasteiger partial charge < -0.3 is 14.6 Å². The summed E-state index contributed by atoms with van der Waals surface area (Å²) in [7, 11) is 1.35. The first kappa shape index (κ1) is 23.3. The number of aromatic nitrogens is 3. The predicted molar refractivity (Wildman–Crippen MR) is 100 cm³/mol. The lowest BCUT2D eigenvalue weighted by molar-refractivity contribution is -0.143. The summed E-state index contributed by atoms with van der Waals surface area (Å²) in [6.07, 6.45) is -5.91. The van der Waals surface area contributed by atoms with Crippen molar-refractivity contribution in [1.82, 2.24) is 19.9 Å². The van der Waals surface area contributed by atoms with Gasteiger partial charge in [0.25, 0.3) is 5.91 Å². The first-order valence-electron chi connectivity index (χ1n) is 9.01. The number of alkyl halides is 6. The Hall–Kier alpha value is -3.41. The maximum atomic E-state index is 13.2. The number of nitrogens with one attached hydrogen (secondary N) is 1. The maximum Gasteiger partial charge on any atom is 0.416 e. The average molecular weight is 458 g/mol. The van der Waals surface area contributed by atoms with E-state index < -0.39 is 35.9 Å². The Bertz CT molecular complexity index is 1060. The van der Waals surface area contributed by atoms with E-state index in [1.165, 1.54) is 24.1 Å². The summed E-state index contributed by atoms with van der Waals surface area (Å²) >= 11 is 0. The number of rotatable bonds is 6. The van der Waals surface area contributed by atoms with Crippen LogP contribution in [0.2, 0.25) is 0 Å². The summed E-state index contributed by atoms with van der Waals surface area (Å²) in [4.78, 5) is 20.4. The van der Waals surface area contributed by atoms with Crippen LogP contribution in [-0.4, -0.2) is 34.3 Å². The van der Waals surface area contributed by atoms with E-state index in [2.05, 4.69) is 15.3 Å². The van der Waals surface area contributed by atoms with Gasteiger partial charge in [-0.25, -0.2) is 4.98 Å². The Morgan fingerprint density at radius 3 is 2.28 bits per heavy atom. The average Bonchev–Trinajstić information content (AvgIpc) is 3.14. The monoisotopic (exact) mass is 458 g/mol.